The van der Waals surface area contributed by atoms with Crippen LogP contribution in [0, 0.1) is 12.3 Å². The van der Waals surface area contributed by atoms with E-state index in [9.17, 15) is 9.59 Å². The highest BCUT2D eigenvalue weighted by molar-refractivity contribution is 5.90. The zero-order chi connectivity index (χ0) is 14.7. The van der Waals surface area contributed by atoms with E-state index in [0.717, 1.165) is 17.7 Å². The first-order valence-corrected chi connectivity index (χ1v) is 6.38. The van der Waals surface area contributed by atoms with Gasteiger partial charge in [0.05, 0.1) is 12.1 Å². The van der Waals surface area contributed by atoms with Crippen molar-refractivity contribution in [3.8, 4) is 12.3 Å². The Morgan fingerprint density at radius 1 is 1.55 bits per heavy atom. The van der Waals surface area contributed by atoms with Crippen LogP contribution in [-0.4, -0.2) is 36.1 Å². The average molecular weight is 272 g/mol. The molecule has 1 aliphatic rings. The van der Waals surface area contributed by atoms with E-state index in [2.05, 4.69) is 11.2 Å². The largest absolute Gasteiger partial charge is 0.478 e. The number of carboxylic acids is 1. The average Bonchev–Trinajstić information content (AvgIpc) is 2.86. The number of anilines is 1. The number of amides is 1. The number of rotatable bonds is 4. The molecule has 1 amide bonds. The fourth-order valence-electron chi connectivity index (χ4n) is 2.39. The molecule has 0 fully saturated rings. The normalized spacial score (nSPS) is 14.3. The summed E-state index contributed by atoms with van der Waals surface area (Å²) in [7, 11) is 0. The monoisotopic (exact) mass is 272 g/mol. The third-order valence-corrected chi connectivity index (χ3v) is 3.47. The molecule has 104 valence electrons. The number of carbonyl (C=O) groups is 2. The molecule has 1 atom stereocenters. The van der Waals surface area contributed by atoms with Crippen LogP contribution in [0.5, 0.6) is 0 Å². The van der Waals surface area contributed by atoms with E-state index in [1.165, 1.54) is 0 Å². The van der Waals surface area contributed by atoms with Crippen molar-refractivity contribution >= 4 is 17.6 Å². The second kappa shape index (κ2) is 5.66. The lowest BCUT2D eigenvalue weighted by Crippen LogP contribution is -2.44. The van der Waals surface area contributed by atoms with Gasteiger partial charge in [-0.2, -0.15) is 0 Å². The van der Waals surface area contributed by atoms with Gasteiger partial charge in [-0.15, -0.1) is 6.42 Å². The van der Waals surface area contributed by atoms with E-state index in [1.807, 2.05) is 11.8 Å². The van der Waals surface area contributed by atoms with Crippen LogP contribution in [0.25, 0.3) is 0 Å². The van der Waals surface area contributed by atoms with Crippen LogP contribution in [0.15, 0.2) is 18.2 Å². The Labute approximate surface area is 117 Å². The minimum atomic E-state index is -0.939. The van der Waals surface area contributed by atoms with Gasteiger partial charge < -0.3 is 15.3 Å². The van der Waals surface area contributed by atoms with E-state index in [-0.39, 0.29) is 24.1 Å². The summed E-state index contributed by atoms with van der Waals surface area (Å²) in [4.78, 5) is 24.8. The van der Waals surface area contributed by atoms with E-state index in [4.69, 9.17) is 11.5 Å². The van der Waals surface area contributed by atoms with Crippen LogP contribution in [0.1, 0.15) is 22.8 Å². The summed E-state index contributed by atoms with van der Waals surface area (Å²) in [6, 6.07) is 4.66. The Morgan fingerprint density at radius 2 is 2.30 bits per heavy atom. The number of hydrogen-bond donors (Lipinski definition) is 2. The molecule has 0 spiro atoms. The number of carboxylic acid groups (broad SMARTS) is 1. The molecule has 5 nitrogen and oxygen atoms in total. The molecule has 5 heteroatoms. The van der Waals surface area contributed by atoms with Crippen LogP contribution in [0.4, 0.5) is 5.69 Å². The molecular weight excluding hydrogens is 256 g/mol. The number of carbonyl (C=O) groups excluding carboxylic acids is 1. The lowest BCUT2D eigenvalue weighted by Gasteiger charge is -2.26. The van der Waals surface area contributed by atoms with Gasteiger partial charge in [0.15, 0.2) is 0 Å². The van der Waals surface area contributed by atoms with Crippen molar-refractivity contribution in [3.05, 3.63) is 29.3 Å². The van der Waals surface area contributed by atoms with Gasteiger partial charge in [-0.1, -0.05) is 5.92 Å². The van der Waals surface area contributed by atoms with Crippen molar-refractivity contribution in [1.82, 2.24) is 5.32 Å². The van der Waals surface area contributed by atoms with E-state index < -0.39 is 5.97 Å². The Bertz CT molecular complexity index is 589. The fourth-order valence-corrected chi connectivity index (χ4v) is 2.39. The highest BCUT2D eigenvalue weighted by Gasteiger charge is 2.28. The van der Waals surface area contributed by atoms with Crippen molar-refractivity contribution < 1.29 is 14.7 Å². The molecule has 0 saturated heterocycles. The van der Waals surface area contributed by atoms with Gasteiger partial charge in [0.2, 0.25) is 5.91 Å². The quantitative estimate of drug-likeness (QED) is 0.799. The van der Waals surface area contributed by atoms with E-state index in [0.29, 0.717) is 6.54 Å². The summed E-state index contributed by atoms with van der Waals surface area (Å²) in [6.07, 6.45) is 5.86. The number of hydrogen-bond acceptors (Lipinski definition) is 3. The van der Waals surface area contributed by atoms with E-state index in [1.54, 1.807) is 18.2 Å². The minimum Gasteiger partial charge on any atom is -0.478 e. The standard InChI is InChI=1S/C15H16N2O3/c1-3-7-16-14(18)10(2)17-8-6-11-9-12(15(19)20)4-5-13(11)17/h1,4-5,9-10H,6-8H2,2H3,(H,16,18)(H,19,20). The summed E-state index contributed by atoms with van der Waals surface area (Å²) >= 11 is 0. The molecule has 2 N–H and O–H groups in total. The number of terminal acetylenes is 1. The molecule has 1 unspecified atom stereocenters. The van der Waals surface area contributed by atoms with Crippen LogP contribution in [0.3, 0.4) is 0 Å². The van der Waals surface area contributed by atoms with Gasteiger partial charge >= 0.3 is 5.97 Å². The summed E-state index contributed by atoms with van der Waals surface area (Å²) in [5, 5.41) is 11.6. The van der Waals surface area contributed by atoms with Crippen molar-refractivity contribution in [1.29, 1.82) is 0 Å². The SMILES string of the molecule is C#CCNC(=O)C(C)N1CCc2cc(C(=O)O)ccc21. The molecule has 1 aromatic rings. The first-order chi connectivity index (χ1) is 9.54. The van der Waals surface area contributed by atoms with Gasteiger partial charge in [-0.3, -0.25) is 4.79 Å². The topological polar surface area (TPSA) is 69.6 Å². The maximum Gasteiger partial charge on any atom is 0.335 e. The predicted octanol–water partition coefficient (Wildman–Crippen LogP) is 0.885. The second-order valence-corrected chi connectivity index (χ2v) is 4.69. The number of aromatic carboxylic acids is 1. The maximum atomic E-state index is 11.9. The number of nitrogens with zero attached hydrogens (tertiary/aromatic N) is 1. The fraction of sp³-hybridized carbons (Fsp3) is 0.333. The van der Waals surface area contributed by atoms with Gasteiger partial charge in [0.1, 0.15) is 6.04 Å². The highest BCUT2D eigenvalue weighted by atomic mass is 16.4. The van der Waals surface area contributed by atoms with Gasteiger partial charge in [0, 0.05) is 12.2 Å². The molecule has 0 bridgehead atoms. The molecule has 0 radical (unpaired) electrons. The van der Waals surface area contributed by atoms with Crippen LogP contribution < -0.4 is 10.2 Å². The number of nitrogens with one attached hydrogen (secondary N) is 1. The summed E-state index contributed by atoms with van der Waals surface area (Å²) in [5.74, 6) is 1.30. The summed E-state index contributed by atoms with van der Waals surface area (Å²) in [5.41, 5.74) is 2.15. The molecular formula is C15H16N2O3. The summed E-state index contributed by atoms with van der Waals surface area (Å²) in [6.45, 7) is 2.72. The smallest absolute Gasteiger partial charge is 0.335 e. The minimum absolute atomic E-state index is 0.127. The Balaban J connectivity index is 2.18. The van der Waals surface area contributed by atoms with Gasteiger partial charge in [-0.05, 0) is 37.1 Å². The van der Waals surface area contributed by atoms with Crippen LogP contribution >= 0.6 is 0 Å². The molecule has 20 heavy (non-hydrogen) atoms. The zero-order valence-electron chi connectivity index (χ0n) is 11.2. The molecule has 0 aliphatic carbocycles. The molecule has 1 aliphatic heterocycles. The van der Waals surface area contributed by atoms with Crippen molar-refractivity contribution in [2.24, 2.45) is 0 Å². The lowest BCUT2D eigenvalue weighted by molar-refractivity contribution is -0.121. The zero-order valence-corrected chi connectivity index (χ0v) is 11.2. The maximum absolute atomic E-state index is 11.9. The Morgan fingerprint density at radius 3 is 2.95 bits per heavy atom. The third kappa shape index (κ3) is 2.59. The number of benzene rings is 1. The number of fused-ring (bicyclic) bond motifs is 1. The molecule has 1 heterocycles. The van der Waals surface area contributed by atoms with Crippen molar-refractivity contribution in [2.45, 2.75) is 19.4 Å². The van der Waals surface area contributed by atoms with Crippen LogP contribution in [0.2, 0.25) is 0 Å². The molecule has 0 aromatic heterocycles. The molecule has 0 saturated carbocycles. The second-order valence-electron chi connectivity index (χ2n) is 4.69. The van der Waals surface area contributed by atoms with Crippen LogP contribution in [-0.2, 0) is 11.2 Å². The molecule has 2 rings (SSSR count). The van der Waals surface area contributed by atoms with Crippen molar-refractivity contribution in [3.63, 3.8) is 0 Å². The first kappa shape index (κ1) is 13.9. The summed E-state index contributed by atoms with van der Waals surface area (Å²) < 4.78 is 0. The highest BCUT2D eigenvalue weighted by Crippen LogP contribution is 2.30. The first-order valence-electron chi connectivity index (χ1n) is 6.38. The Hall–Kier alpha value is -2.48. The molecule has 1 aromatic carbocycles. The van der Waals surface area contributed by atoms with Crippen molar-refractivity contribution in [2.75, 3.05) is 18.0 Å². The lowest BCUT2D eigenvalue weighted by atomic mass is 10.1. The predicted molar refractivity (Wildman–Crippen MR) is 75.8 cm³/mol. The Kier molecular flexibility index (Phi) is 3.94. The third-order valence-electron chi connectivity index (χ3n) is 3.47. The van der Waals surface area contributed by atoms with E-state index >= 15 is 0 Å². The van der Waals surface area contributed by atoms with Gasteiger partial charge in [-0.25, -0.2) is 4.79 Å². The van der Waals surface area contributed by atoms with Gasteiger partial charge in [0.25, 0.3) is 0 Å².